The van der Waals surface area contributed by atoms with Crippen LogP contribution >= 0.6 is 0 Å². The molecule has 0 spiro atoms. The number of unbranched alkanes of at least 4 members (excludes halogenated alkanes) is 3. The van der Waals surface area contributed by atoms with Crippen LogP contribution in [0.2, 0.25) is 13.3 Å². The molecule has 1 aromatic rings. The fraction of sp³-hybridized carbons (Fsp3) is 0.667. The molecule has 0 saturated heterocycles. The molecule has 1 aromatic carbocycles. The molecule has 2 radical (unpaired) electrons. The van der Waals surface area contributed by atoms with Crippen LogP contribution in [-0.2, 0) is 29.7 Å². The fourth-order valence-electron chi connectivity index (χ4n) is 2.08. The van der Waals surface area contributed by atoms with Gasteiger partial charge in [0.05, 0.1) is 0 Å². The Bertz CT molecular complexity index is 279. The zero-order valence-corrected chi connectivity index (χ0v) is 19.6. The molecule has 0 fully saturated rings. The van der Waals surface area contributed by atoms with E-state index in [1.807, 2.05) is 30.3 Å². The maximum Gasteiger partial charge on any atom is 1.00 e. The Morgan fingerprint density at radius 2 is 1.14 bits per heavy atom. The van der Waals surface area contributed by atoms with Gasteiger partial charge in [0.2, 0.25) is 0 Å². The van der Waals surface area contributed by atoms with E-state index in [4.69, 9.17) is 12.6 Å². The second kappa shape index (κ2) is 22.4. The third-order valence-corrected chi connectivity index (χ3v) is 12.7. The van der Waals surface area contributed by atoms with Crippen molar-refractivity contribution in [2.45, 2.75) is 77.5 Å². The molecule has 126 valence electrons. The Kier molecular flexibility index (Phi) is 28.6. The normalized spacial score (nSPS) is 9.27. The maximum atomic E-state index is 4.81. The van der Waals surface area contributed by atoms with Gasteiger partial charge in [-0.2, -0.15) is 4.90 Å². The molecule has 0 unspecified atom stereocenters. The number of rotatable bonds is 9. The first-order valence-corrected chi connectivity index (χ1v) is 14.8. The quantitative estimate of drug-likeness (QED) is 0.394. The van der Waals surface area contributed by atoms with Gasteiger partial charge in [-0.05, 0) is 0 Å². The smallest absolute Gasteiger partial charge is 0.780 e. The Labute approximate surface area is 174 Å². The Hall–Kier alpha value is 1.36. The van der Waals surface area contributed by atoms with Crippen LogP contribution in [0.1, 0.15) is 59.3 Å². The van der Waals surface area contributed by atoms with Crippen molar-refractivity contribution in [3.05, 3.63) is 30.3 Å². The molecule has 0 N–H and O–H groups in total. The molecule has 0 bridgehead atoms. The first-order chi connectivity index (χ1) is 9.74. The van der Waals surface area contributed by atoms with E-state index in [1.165, 1.54) is 38.5 Å². The zero-order chi connectivity index (χ0) is 15.1. The third kappa shape index (κ3) is 19.4. The van der Waals surface area contributed by atoms with E-state index in [0.717, 1.165) is 4.90 Å². The minimum Gasteiger partial charge on any atom is -0.780 e. The molecule has 0 aliphatic carbocycles. The van der Waals surface area contributed by atoms with Crippen LogP contribution < -0.4 is 18.9 Å². The van der Waals surface area contributed by atoms with Gasteiger partial charge >= 0.3 is 111 Å². The minimum absolute atomic E-state index is 0. The summed E-state index contributed by atoms with van der Waals surface area (Å²) < 4.78 is 5.04. The van der Waals surface area contributed by atoms with Crippen LogP contribution in [0.5, 0.6) is 0 Å². The van der Waals surface area contributed by atoms with E-state index in [1.54, 1.807) is 13.3 Å². The Morgan fingerprint density at radius 1 is 0.773 bits per heavy atom. The second-order valence-electron chi connectivity index (χ2n) is 5.37. The topological polar surface area (TPSA) is 0 Å². The third-order valence-electron chi connectivity index (χ3n) is 3.39. The van der Waals surface area contributed by atoms with Crippen molar-refractivity contribution in [3.63, 3.8) is 0 Å². The Morgan fingerprint density at radius 3 is 1.36 bits per heavy atom. The molecule has 0 atom stereocenters. The minimum atomic E-state index is -0.839. The van der Waals surface area contributed by atoms with Gasteiger partial charge in [0.1, 0.15) is 0 Å². The number of benzene rings is 1. The van der Waals surface area contributed by atoms with E-state index in [2.05, 4.69) is 20.8 Å². The summed E-state index contributed by atoms with van der Waals surface area (Å²) in [5, 5.41) is 0. The summed E-state index contributed by atoms with van der Waals surface area (Å²) in [7, 11) is 0. The van der Waals surface area contributed by atoms with Crippen LogP contribution in [-0.4, -0.2) is 19.8 Å². The summed E-state index contributed by atoms with van der Waals surface area (Å²) in [6.45, 7) is 7.00. The molecule has 0 aliphatic heterocycles. The molecule has 0 nitrogen and oxygen atoms in total. The monoisotopic (exact) mass is 470 g/mol. The molecule has 0 aromatic heterocycles. The van der Waals surface area contributed by atoms with E-state index in [9.17, 15) is 0 Å². The van der Waals surface area contributed by atoms with Gasteiger partial charge in [0, 0.05) is 17.1 Å². The molecule has 22 heavy (non-hydrogen) atoms. The number of hydrogen-bond donors (Lipinski definition) is 0. The molecule has 4 heteroatoms. The van der Waals surface area contributed by atoms with E-state index in [-0.39, 0.29) is 35.9 Å². The van der Waals surface area contributed by atoms with Gasteiger partial charge < -0.3 is 12.6 Å². The second-order valence-corrected chi connectivity index (χ2v) is 14.4. The van der Waals surface area contributed by atoms with Crippen LogP contribution in [0.4, 0.5) is 0 Å². The molecule has 0 saturated carbocycles. The summed E-state index contributed by atoms with van der Waals surface area (Å²) in [4.78, 5) is 0.905. The predicted molar refractivity (Wildman–Crippen MR) is 97.0 cm³/mol. The van der Waals surface area contributed by atoms with E-state index < -0.39 is 19.8 Å². The van der Waals surface area contributed by atoms with Crippen molar-refractivity contribution >= 4 is 32.4 Å². The molecular weight excluding hydrogens is 437 g/mol. The average molecular weight is 470 g/mol. The first kappa shape index (κ1) is 28.2. The van der Waals surface area contributed by atoms with E-state index >= 15 is 0 Å². The first-order valence-electron chi connectivity index (χ1n) is 8.30. The largest absolute Gasteiger partial charge is 1.00 e. The SMILES string of the molecule is CCC[CH2][Sn]([CH2]CCC)[CH2]CCC.[Cu].[Li+].[S-]c1ccccc1. The molecule has 0 heterocycles. The zero-order valence-electron chi connectivity index (χ0n) is 15.0. The van der Waals surface area contributed by atoms with Crippen LogP contribution in [0, 0.1) is 0 Å². The summed E-state index contributed by atoms with van der Waals surface area (Å²) in [5.74, 6) is 0. The van der Waals surface area contributed by atoms with Crippen LogP contribution in [0.15, 0.2) is 35.2 Å². The fourth-order valence-corrected chi connectivity index (χ4v) is 11.7. The van der Waals surface area contributed by atoms with Crippen molar-refractivity contribution in [1.82, 2.24) is 0 Å². The molecule has 0 aliphatic rings. The Balaban J connectivity index is -0.000000342. The average Bonchev–Trinajstić information content (AvgIpc) is 2.48. The van der Waals surface area contributed by atoms with Crippen molar-refractivity contribution in [2.24, 2.45) is 0 Å². The summed E-state index contributed by atoms with van der Waals surface area (Å²) in [5.41, 5.74) is 0. The summed E-state index contributed by atoms with van der Waals surface area (Å²) >= 11 is 3.97. The van der Waals surface area contributed by atoms with Crippen molar-refractivity contribution in [2.75, 3.05) is 0 Å². The van der Waals surface area contributed by atoms with E-state index in [0.29, 0.717) is 0 Å². The standard InChI is InChI=1S/C6H6S.3C4H9.Cu.Li.Sn/c7-6-4-2-1-3-5-6;3*1-3-4-2;;;/h1-5,7H;3*1,3-4H2,2H3;;;/q;;;;;+1;/p-1. The van der Waals surface area contributed by atoms with Gasteiger partial charge in [-0.1, -0.05) is 30.3 Å². The molecular formula is C18H32CuLiSSn. The summed E-state index contributed by atoms with van der Waals surface area (Å²) in [6, 6.07) is 9.62. The van der Waals surface area contributed by atoms with Gasteiger partial charge in [-0.3, -0.25) is 0 Å². The van der Waals surface area contributed by atoms with Gasteiger partial charge in [-0.15, -0.1) is 0 Å². The van der Waals surface area contributed by atoms with Gasteiger partial charge in [0.25, 0.3) is 0 Å². The summed E-state index contributed by atoms with van der Waals surface area (Å²) in [6.07, 6.45) is 8.85. The molecule has 0 amide bonds. The van der Waals surface area contributed by atoms with Crippen LogP contribution in [0.3, 0.4) is 0 Å². The van der Waals surface area contributed by atoms with Gasteiger partial charge in [-0.25, -0.2) is 0 Å². The predicted octanol–water partition coefficient (Wildman–Crippen LogP) is 3.48. The van der Waals surface area contributed by atoms with Crippen molar-refractivity contribution < 1.29 is 35.9 Å². The van der Waals surface area contributed by atoms with Crippen molar-refractivity contribution in [1.29, 1.82) is 0 Å². The van der Waals surface area contributed by atoms with Gasteiger partial charge in [0.15, 0.2) is 0 Å². The maximum absolute atomic E-state index is 4.81. The number of hydrogen-bond acceptors (Lipinski definition) is 1. The van der Waals surface area contributed by atoms with Crippen LogP contribution in [0.25, 0.3) is 0 Å². The van der Waals surface area contributed by atoms with Crippen molar-refractivity contribution in [3.8, 4) is 0 Å². The molecule has 1 rings (SSSR count).